The molecule has 1 heteroatoms. The van der Waals surface area contributed by atoms with Crippen LogP contribution in [-0.2, 0) is 7.05 Å². The van der Waals surface area contributed by atoms with E-state index in [2.05, 4.69) is 55.8 Å². The van der Waals surface area contributed by atoms with Crippen molar-refractivity contribution in [1.29, 1.82) is 0 Å². The van der Waals surface area contributed by atoms with Crippen LogP contribution < -0.4 is 0 Å². The van der Waals surface area contributed by atoms with Crippen LogP contribution in [0.3, 0.4) is 0 Å². The summed E-state index contributed by atoms with van der Waals surface area (Å²) in [5.41, 5.74) is 5.27. The van der Waals surface area contributed by atoms with Crippen LogP contribution in [0.25, 0.3) is 11.3 Å². The maximum atomic E-state index is 2.24. The standard InChI is InChI=1S/C13H15N/c1-10-9-13(14(3)11(10)2)12-7-5-4-6-8-12/h4-9H,1-3H3. The summed E-state index contributed by atoms with van der Waals surface area (Å²) in [6.07, 6.45) is 0. The first-order chi connectivity index (χ1) is 6.70. The van der Waals surface area contributed by atoms with Crippen molar-refractivity contribution in [3.05, 3.63) is 47.7 Å². The van der Waals surface area contributed by atoms with Gasteiger partial charge in [0.1, 0.15) is 0 Å². The Morgan fingerprint density at radius 3 is 2.14 bits per heavy atom. The van der Waals surface area contributed by atoms with Crippen LogP contribution in [0.15, 0.2) is 36.4 Å². The van der Waals surface area contributed by atoms with E-state index in [1.165, 1.54) is 22.5 Å². The largest absolute Gasteiger partial charge is 0.348 e. The van der Waals surface area contributed by atoms with Crippen LogP contribution in [0.2, 0.25) is 0 Å². The molecule has 0 unspecified atom stereocenters. The summed E-state index contributed by atoms with van der Waals surface area (Å²) in [6, 6.07) is 12.7. The van der Waals surface area contributed by atoms with Gasteiger partial charge in [0, 0.05) is 18.4 Å². The van der Waals surface area contributed by atoms with Crippen molar-refractivity contribution < 1.29 is 0 Å². The second-order valence-electron chi connectivity index (χ2n) is 3.72. The summed E-state index contributed by atoms with van der Waals surface area (Å²) >= 11 is 0. The molecule has 0 spiro atoms. The van der Waals surface area contributed by atoms with Gasteiger partial charge in [-0.15, -0.1) is 0 Å². The molecule has 0 amide bonds. The normalized spacial score (nSPS) is 10.5. The second kappa shape index (κ2) is 3.33. The molecule has 2 aromatic rings. The molecule has 2 rings (SSSR count). The zero-order valence-electron chi connectivity index (χ0n) is 8.91. The average molecular weight is 185 g/mol. The maximum absolute atomic E-state index is 2.24. The molecule has 1 aromatic carbocycles. The Kier molecular flexibility index (Phi) is 2.16. The third-order valence-corrected chi connectivity index (χ3v) is 2.86. The highest BCUT2D eigenvalue weighted by molar-refractivity contribution is 5.62. The molecule has 0 radical (unpaired) electrons. The minimum absolute atomic E-state index is 1.28. The lowest BCUT2D eigenvalue weighted by Gasteiger charge is -2.04. The number of aromatic nitrogens is 1. The summed E-state index contributed by atoms with van der Waals surface area (Å²) < 4.78 is 2.24. The Bertz CT molecular complexity index is 438. The number of rotatable bonds is 1. The van der Waals surface area contributed by atoms with Gasteiger partial charge in [0.25, 0.3) is 0 Å². The monoisotopic (exact) mass is 185 g/mol. The zero-order valence-corrected chi connectivity index (χ0v) is 8.91. The summed E-state index contributed by atoms with van der Waals surface area (Å²) in [5, 5.41) is 0. The van der Waals surface area contributed by atoms with Crippen LogP contribution in [0.4, 0.5) is 0 Å². The molecule has 0 bridgehead atoms. The number of hydrogen-bond donors (Lipinski definition) is 0. The fourth-order valence-electron chi connectivity index (χ4n) is 1.74. The highest BCUT2D eigenvalue weighted by Gasteiger charge is 2.06. The van der Waals surface area contributed by atoms with Crippen LogP contribution in [0, 0.1) is 13.8 Å². The average Bonchev–Trinajstić information content (AvgIpc) is 2.47. The molecule has 0 N–H and O–H groups in total. The van der Waals surface area contributed by atoms with Crippen molar-refractivity contribution in [2.45, 2.75) is 13.8 Å². The maximum Gasteiger partial charge on any atom is 0.0482 e. The quantitative estimate of drug-likeness (QED) is 0.642. The van der Waals surface area contributed by atoms with Crippen molar-refractivity contribution >= 4 is 0 Å². The van der Waals surface area contributed by atoms with Gasteiger partial charge in [0.05, 0.1) is 0 Å². The van der Waals surface area contributed by atoms with Crippen LogP contribution in [-0.4, -0.2) is 4.57 Å². The van der Waals surface area contributed by atoms with Gasteiger partial charge >= 0.3 is 0 Å². The van der Waals surface area contributed by atoms with Crippen molar-refractivity contribution in [3.63, 3.8) is 0 Å². The molecule has 1 aromatic heterocycles. The predicted molar refractivity (Wildman–Crippen MR) is 60.3 cm³/mol. The predicted octanol–water partition coefficient (Wildman–Crippen LogP) is 3.31. The van der Waals surface area contributed by atoms with E-state index in [0.29, 0.717) is 0 Å². The fourth-order valence-corrected chi connectivity index (χ4v) is 1.74. The van der Waals surface area contributed by atoms with E-state index in [1.54, 1.807) is 0 Å². The molecule has 0 saturated carbocycles. The fraction of sp³-hybridized carbons (Fsp3) is 0.231. The first kappa shape index (κ1) is 9.07. The molecule has 1 nitrogen and oxygen atoms in total. The van der Waals surface area contributed by atoms with Gasteiger partial charge in [0.2, 0.25) is 0 Å². The van der Waals surface area contributed by atoms with Gasteiger partial charge in [-0.3, -0.25) is 0 Å². The number of hydrogen-bond acceptors (Lipinski definition) is 0. The molecular weight excluding hydrogens is 170 g/mol. The lowest BCUT2D eigenvalue weighted by molar-refractivity contribution is 0.885. The molecule has 72 valence electrons. The van der Waals surface area contributed by atoms with E-state index in [4.69, 9.17) is 0 Å². The Morgan fingerprint density at radius 2 is 1.64 bits per heavy atom. The number of aryl methyl sites for hydroxylation is 1. The van der Waals surface area contributed by atoms with Gasteiger partial charge in [-0.05, 0) is 31.0 Å². The van der Waals surface area contributed by atoms with E-state index in [1.807, 2.05) is 6.07 Å². The highest BCUT2D eigenvalue weighted by Crippen LogP contribution is 2.23. The molecule has 0 fully saturated rings. The smallest absolute Gasteiger partial charge is 0.0482 e. The van der Waals surface area contributed by atoms with Crippen molar-refractivity contribution in [2.24, 2.45) is 7.05 Å². The molecule has 0 aliphatic carbocycles. The lowest BCUT2D eigenvalue weighted by atomic mass is 10.1. The Morgan fingerprint density at radius 1 is 1.00 bits per heavy atom. The Labute approximate surface area is 85.0 Å². The molecule has 0 aliphatic rings. The Balaban J connectivity index is 2.58. The highest BCUT2D eigenvalue weighted by atomic mass is 15.0. The molecule has 1 heterocycles. The number of benzene rings is 1. The van der Waals surface area contributed by atoms with Gasteiger partial charge in [-0.25, -0.2) is 0 Å². The van der Waals surface area contributed by atoms with Crippen molar-refractivity contribution in [2.75, 3.05) is 0 Å². The molecule has 14 heavy (non-hydrogen) atoms. The minimum atomic E-state index is 1.28. The summed E-state index contributed by atoms with van der Waals surface area (Å²) in [6.45, 7) is 4.31. The summed E-state index contributed by atoms with van der Waals surface area (Å²) in [4.78, 5) is 0. The summed E-state index contributed by atoms with van der Waals surface area (Å²) in [7, 11) is 2.12. The van der Waals surface area contributed by atoms with E-state index >= 15 is 0 Å². The third kappa shape index (κ3) is 1.35. The second-order valence-corrected chi connectivity index (χ2v) is 3.72. The minimum Gasteiger partial charge on any atom is -0.348 e. The first-order valence-corrected chi connectivity index (χ1v) is 4.88. The van der Waals surface area contributed by atoms with Crippen LogP contribution in [0.1, 0.15) is 11.3 Å². The third-order valence-electron chi connectivity index (χ3n) is 2.86. The van der Waals surface area contributed by atoms with Gasteiger partial charge in [-0.2, -0.15) is 0 Å². The van der Waals surface area contributed by atoms with E-state index < -0.39 is 0 Å². The van der Waals surface area contributed by atoms with E-state index in [0.717, 1.165) is 0 Å². The van der Waals surface area contributed by atoms with Gasteiger partial charge < -0.3 is 4.57 Å². The molecule has 0 saturated heterocycles. The molecule has 0 atom stereocenters. The van der Waals surface area contributed by atoms with Crippen molar-refractivity contribution in [3.8, 4) is 11.3 Å². The molecular formula is C13H15N. The first-order valence-electron chi connectivity index (χ1n) is 4.88. The number of nitrogens with zero attached hydrogens (tertiary/aromatic N) is 1. The van der Waals surface area contributed by atoms with Crippen molar-refractivity contribution in [1.82, 2.24) is 4.57 Å². The van der Waals surface area contributed by atoms with E-state index in [9.17, 15) is 0 Å². The SMILES string of the molecule is Cc1cc(-c2ccccc2)n(C)c1C. The van der Waals surface area contributed by atoms with Crippen LogP contribution in [0.5, 0.6) is 0 Å². The lowest BCUT2D eigenvalue weighted by Crippen LogP contribution is -1.93. The van der Waals surface area contributed by atoms with Gasteiger partial charge in [0.15, 0.2) is 0 Å². The molecule has 0 aliphatic heterocycles. The van der Waals surface area contributed by atoms with Crippen LogP contribution >= 0.6 is 0 Å². The van der Waals surface area contributed by atoms with Gasteiger partial charge in [-0.1, -0.05) is 30.3 Å². The van der Waals surface area contributed by atoms with E-state index in [-0.39, 0.29) is 0 Å². The summed E-state index contributed by atoms with van der Waals surface area (Å²) in [5.74, 6) is 0. The Hall–Kier alpha value is -1.50. The topological polar surface area (TPSA) is 4.93 Å². The zero-order chi connectivity index (χ0) is 10.1.